The molecule has 4 rings (SSSR count). The highest BCUT2D eigenvalue weighted by Gasteiger charge is 2.37. The number of nitro groups is 1. The molecular formula is C30H28ClN3O8. The molecule has 12 heteroatoms. The maximum Gasteiger partial charge on any atom is 0.335 e. The molecule has 11 nitrogen and oxygen atoms in total. The van der Waals surface area contributed by atoms with E-state index in [2.05, 4.69) is 12.2 Å². The number of barbiturate groups is 1. The second-order valence-corrected chi connectivity index (χ2v) is 9.54. The van der Waals surface area contributed by atoms with Crippen LogP contribution in [-0.2, 0) is 16.2 Å². The molecule has 0 bridgehead atoms. The van der Waals surface area contributed by atoms with Gasteiger partial charge in [0.15, 0.2) is 11.5 Å². The summed E-state index contributed by atoms with van der Waals surface area (Å²) < 4.78 is 17.2. The Hall–Kier alpha value is -4.90. The van der Waals surface area contributed by atoms with Gasteiger partial charge in [0.1, 0.15) is 17.9 Å². The number of urea groups is 1. The molecule has 42 heavy (non-hydrogen) atoms. The number of hydrogen-bond acceptors (Lipinski definition) is 8. The van der Waals surface area contributed by atoms with Crippen LogP contribution in [0.15, 0.2) is 66.2 Å². The molecule has 1 aliphatic heterocycles. The van der Waals surface area contributed by atoms with Crippen molar-refractivity contribution < 1.29 is 33.5 Å². The van der Waals surface area contributed by atoms with Crippen molar-refractivity contribution in [2.24, 2.45) is 0 Å². The van der Waals surface area contributed by atoms with Crippen LogP contribution in [0.4, 0.5) is 16.2 Å². The summed E-state index contributed by atoms with van der Waals surface area (Å²) >= 11 is 6.51. The fourth-order valence-electron chi connectivity index (χ4n) is 4.07. The minimum Gasteiger partial charge on any atom is -0.494 e. The van der Waals surface area contributed by atoms with Gasteiger partial charge in [0, 0.05) is 12.1 Å². The zero-order valence-electron chi connectivity index (χ0n) is 22.9. The van der Waals surface area contributed by atoms with E-state index in [0.717, 1.165) is 17.7 Å². The smallest absolute Gasteiger partial charge is 0.335 e. The molecule has 1 heterocycles. The molecule has 0 spiro atoms. The van der Waals surface area contributed by atoms with Crippen LogP contribution in [0.5, 0.6) is 17.2 Å². The number of carbonyl (C=O) groups excluding carboxylic acids is 3. The van der Waals surface area contributed by atoms with Crippen molar-refractivity contribution >= 4 is 46.9 Å². The molecule has 4 amide bonds. The maximum atomic E-state index is 13.4. The SMILES string of the molecule is CCCCOc1ccc(N2C(=O)NC(=O)/C(=C/c3cc(Cl)c(OCc4cccc([N+](=O)[O-])c4)c(OCC)c3)C2=O)cc1. The van der Waals surface area contributed by atoms with E-state index in [1.54, 1.807) is 43.3 Å². The van der Waals surface area contributed by atoms with Crippen LogP contribution in [0.25, 0.3) is 6.08 Å². The number of rotatable bonds is 12. The van der Waals surface area contributed by atoms with Gasteiger partial charge in [0.25, 0.3) is 17.5 Å². The third-order valence-corrected chi connectivity index (χ3v) is 6.39. The molecule has 1 aliphatic rings. The van der Waals surface area contributed by atoms with E-state index >= 15 is 0 Å². The van der Waals surface area contributed by atoms with Crippen molar-refractivity contribution in [3.05, 3.63) is 92.5 Å². The predicted octanol–water partition coefficient (Wildman–Crippen LogP) is 6.07. The average Bonchev–Trinajstić information content (AvgIpc) is 2.96. The monoisotopic (exact) mass is 593 g/mol. The molecule has 0 radical (unpaired) electrons. The summed E-state index contributed by atoms with van der Waals surface area (Å²) in [6, 6.07) is 14.5. The molecule has 3 aromatic rings. The summed E-state index contributed by atoms with van der Waals surface area (Å²) in [4.78, 5) is 50.1. The molecule has 218 valence electrons. The van der Waals surface area contributed by atoms with Crippen LogP contribution >= 0.6 is 11.6 Å². The molecule has 0 aliphatic carbocycles. The molecule has 0 unspecified atom stereocenters. The second kappa shape index (κ2) is 13.6. The van der Waals surface area contributed by atoms with Crippen LogP contribution in [0.1, 0.15) is 37.8 Å². The Labute approximate surface area is 246 Å². The van der Waals surface area contributed by atoms with Gasteiger partial charge in [-0.15, -0.1) is 0 Å². The topological polar surface area (TPSA) is 137 Å². The number of nitrogens with one attached hydrogen (secondary N) is 1. The van der Waals surface area contributed by atoms with Crippen LogP contribution in [-0.4, -0.2) is 36.0 Å². The lowest BCUT2D eigenvalue weighted by molar-refractivity contribution is -0.384. The normalized spacial score (nSPS) is 14.1. The molecule has 0 aromatic heterocycles. The summed E-state index contributed by atoms with van der Waals surface area (Å²) in [5, 5.41) is 13.4. The van der Waals surface area contributed by atoms with E-state index in [1.165, 1.54) is 30.3 Å². The predicted molar refractivity (Wildman–Crippen MR) is 156 cm³/mol. The molecular weight excluding hydrogens is 566 g/mol. The Morgan fingerprint density at radius 1 is 1.00 bits per heavy atom. The third kappa shape index (κ3) is 7.05. The van der Waals surface area contributed by atoms with Gasteiger partial charge in [0.2, 0.25) is 0 Å². The Bertz CT molecular complexity index is 1540. The Balaban J connectivity index is 1.59. The molecule has 1 N–H and O–H groups in total. The number of carbonyl (C=O) groups is 3. The molecule has 1 fully saturated rings. The van der Waals surface area contributed by atoms with Gasteiger partial charge in [-0.2, -0.15) is 0 Å². The van der Waals surface area contributed by atoms with Crippen molar-refractivity contribution in [2.75, 3.05) is 18.1 Å². The number of amides is 4. The van der Waals surface area contributed by atoms with E-state index in [4.69, 9.17) is 25.8 Å². The lowest BCUT2D eigenvalue weighted by Crippen LogP contribution is -2.54. The van der Waals surface area contributed by atoms with Crippen LogP contribution in [0, 0.1) is 10.1 Å². The quantitative estimate of drug-likeness (QED) is 0.0878. The Morgan fingerprint density at radius 3 is 2.45 bits per heavy atom. The maximum absolute atomic E-state index is 13.4. The van der Waals surface area contributed by atoms with E-state index in [1.807, 2.05) is 0 Å². The highest BCUT2D eigenvalue weighted by atomic mass is 35.5. The summed E-state index contributed by atoms with van der Waals surface area (Å²) in [5.41, 5.74) is 0.786. The largest absolute Gasteiger partial charge is 0.494 e. The van der Waals surface area contributed by atoms with Crippen LogP contribution in [0.2, 0.25) is 5.02 Å². The molecule has 0 atom stereocenters. The summed E-state index contributed by atoms with van der Waals surface area (Å²) in [7, 11) is 0. The lowest BCUT2D eigenvalue weighted by Gasteiger charge is -2.26. The van der Waals surface area contributed by atoms with Crippen molar-refractivity contribution in [3.63, 3.8) is 0 Å². The zero-order valence-corrected chi connectivity index (χ0v) is 23.7. The minimum atomic E-state index is -0.875. The van der Waals surface area contributed by atoms with Gasteiger partial charge in [-0.25, -0.2) is 9.69 Å². The zero-order chi connectivity index (χ0) is 30.2. The van der Waals surface area contributed by atoms with Gasteiger partial charge < -0.3 is 14.2 Å². The fourth-order valence-corrected chi connectivity index (χ4v) is 4.35. The second-order valence-electron chi connectivity index (χ2n) is 9.13. The highest BCUT2D eigenvalue weighted by molar-refractivity contribution is 6.39. The number of benzene rings is 3. The highest BCUT2D eigenvalue weighted by Crippen LogP contribution is 2.38. The van der Waals surface area contributed by atoms with Gasteiger partial charge in [-0.05, 0) is 66.9 Å². The van der Waals surface area contributed by atoms with Gasteiger partial charge >= 0.3 is 6.03 Å². The average molecular weight is 594 g/mol. The first-order valence-electron chi connectivity index (χ1n) is 13.2. The fraction of sp³-hybridized carbons (Fsp3) is 0.233. The van der Waals surface area contributed by atoms with E-state index in [9.17, 15) is 24.5 Å². The number of halogens is 1. The number of anilines is 1. The summed E-state index contributed by atoms with van der Waals surface area (Å²) in [6.45, 7) is 4.58. The van der Waals surface area contributed by atoms with Gasteiger partial charge in [-0.3, -0.25) is 25.0 Å². The number of nitrogens with zero attached hydrogens (tertiary/aromatic N) is 2. The van der Waals surface area contributed by atoms with Crippen molar-refractivity contribution in [1.82, 2.24) is 5.32 Å². The van der Waals surface area contributed by atoms with Crippen LogP contribution in [0.3, 0.4) is 0 Å². The van der Waals surface area contributed by atoms with Crippen LogP contribution < -0.4 is 24.4 Å². The van der Waals surface area contributed by atoms with Crippen molar-refractivity contribution in [3.8, 4) is 17.2 Å². The van der Waals surface area contributed by atoms with Crippen molar-refractivity contribution in [1.29, 1.82) is 0 Å². The van der Waals surface area contributed by atoms with Gasteiger partial charge in [0.05, 0.1) is 28.8 Å². The van der Waals surface area contributed by atoms with Crippen molar-refractivity contribution in [2.45, 2.75) is 33.3 Å². The number of imide groups is 2. The van der Waals surface area contributed by atoms with E-state index < -0.39 is 22.8 Å². The lowest BCUT2D eigenvalue weighted by atomic mass is 10.1. The van der Waals surface area contributed by atoms with Gasteiger partial charge in [-0.1, -0.05) is 37.1 Å². The first-order valence-corrected chi connectivity index (χ1v) is 13.6. The summed E-state index contributed by atoms with van der Waals surface area (Å²) in [6.07, 6.45) is 3.18. The Kier molecular flexibility index (Phi) is 9.77. The Morgan fingerprint density at radius 2 is 1.76 bits per heavy atom. The van der Waals surface area contributed by atoms with E-state index in [-0.39, 0.29) is 46.7 Å². The molecule has 1 saturated heterocycles. The first kappa shape index (κ1) is 30.1. The third-order valence-electron chi connectivity index (χ3n) is 6.11. The number of ether oxygens (including phenoxy) is 3. The molecule has 0 saturated carbocycles. The molecule has 3 aromatic carbocycles. The number of non-ortho nitro benzene ring substituents is 1. The standard InChI is InChI=1S/C30H28ClN3O8/c1-3-5-13-41-23-11-9-21(10-12-23)33-29(36)24(28(35)32-30(33)37)15-20-16-25(31)27(26(17-20)40-4-2)42-18-19-7-6-8-22(14-19)34(38)39/h6-12,14-17H,3-5,13,18H2,1-2H3,(H,32,35,37)/b24-15-. The minimum absolute atomic E-state index is 0.0255. The van der Waals surface area contributed by atoms with E-state index in [0.29, 0.717) is 23.5 Å². The number of hydrogen-bond donors (Lipinski definition) is 1. The first-order chi connectivity index (χ1) is 20.2. The number of unbranched alkanes of at least 4 members (excludes halogenated alkanes) is 1. The summed E-state index contributed by atoms with van der Waals surface area (Å²) in [5.74, 6) is -0.665. The number of nitro benzene ring substituents is 1.